The van der Waals surface area contributed by atoms with Gasteiger partial charge in [-0.15, -0.1) is 0 Å². The predicted molar refractivity (Wildman–Crippen MR) is 64.7 cm³/mol. The van der Waals surface area contributed by atoms with Crippen LogP contribution in [0.15, 0.2) is 35.5 Å². The van der Waals surface area contributed by atoms with Crippen LogP contribution in [0.2, 0.25) is 0 Å². The Morgan fingerprint density at radius 1 is 1.44 bits per heavy atom. The summed E-state index contributed by atoms with van der Waals surface area (Å²) in [5.74, 6) is 4.62. The molecule has 2 rings (SSSR count). The first-order valence-electron chi connectivity index (χ1n) is 5.29. The maximum atomic E-state index is 11.6. The van der Waals surface area contributed by atoms with Crippen molar-refractivity contribution in [2.24, 2.45) is 12.9 Å². The zero-order valence-electron chi connectivity index (χ0n) is 9.83. The number of carbonyl (C=O) groups excluding carboxylic acids is 1. The third kappa shape index (κ3) is 2.30. The van der Waals surface area contributed by atoms with E-state index in [2.05, 4.69) is 4.98 Å². The van der Waals surface area contributed by atoms with E-state index in [-0.39, 0.29) is 5.69 Å². The summed E-state index contributed by atoms with van der Waals surface area (Å²) in [6, 6.07) is 3.29. The minimum Gasteiger partial charge on any atom is -0.302 e. The van der Waals surface area contributed by atoms with E-state index in [0.29, 0.717) is 17.8 Å². The van der Waals surface area contributed by atoms with Gasteiger partial charge in [-0.3, -0.25) is 19.8 Å². The second-order valence-corrected chi connectivity index (χ2v) is 3.83. The molecule has 2 heterocycles. The van der Waals surface area contributed by atoms with Crippen molar-refractivity contribution in [1.29, 1.82) is 0 Å². The van der Waals surface area contributed by atoms with Crippen molar-refractivity contribution in [3.63, 3.8) is 0 Å². The van der Waals surface area contributed by atoms with Gasteiger partial charge in [0.2, 0.25) is 0 Å². The van der Waals surface area contributed by atoms with Crippen LogP contribution >= 0.6 is 0 Å². The lowest BCUT2D eigenvalue weighted by atomic mass is 10.2. The molecule has 0 aliphatic heterocycles. The minimum absolute atomic E-state index is 0.111. The number of carbonyl (C=O) groups is 1. The number of hydrogen-bond acceptors (Lipinski definition) is 4. The summed E-state index contributed by atoms with van der Waals surface area (Å²) >= 11 is 0. The maximum Gasteiger partial charge on any atom is 0.328 e. The molecule has 94 valence electrons. The molecular formula is C11H13N5O2. The molecule has 7 nitrogen and oxygen atoms in total. The zero-order chi connectivity index (χ0) is 13.1. The van der Waals surface area contributed by atoms with Gasteiger partial charge in [-0.1, -0.05) is 0 Å². The zero-order valence-corrected chi connectivity index (χ0v) is 9.83. The van der Waals surface area contributed by atoms with E-state index >= 15 is 0 Å². The third-order valence-electron chi connectivity index (χ3n) is 2.57. The van der Waals surface area contributed by atoms with Crippen molar-refractivity contribution in [2.45, 2.75) is 6.54 Å². The Morgan fingerprint density at radius 3 is 2.72 bits per heavy atom. The van der Waals surface area contributed by atoms with Crippen molar-refractivity contribution in [1.82, 2.24) is 19.5 Å². The number of amides is 1. The second kappa shape index (κ2) is 4.84. The molecule has 0 unspecified atom stereocenters. The van der Waals surface area contributed by atoms with Crippen LogP contribution in [0, 0.1) is 0 Å². The average Bonchev–Trinajstić information content (AvgIpc) is 2.71. The fourth-order valence-corrected chi connectivity index (χ4v) is 1.54. The van der Waals surface area contributed by atoms with Gasteiger partial charge in [0, 0.05) is 25.6 Å². The lowest BCUT2D eigenvalue weighted by Crippen LogP contribution is -2.30. The van der Waals surface area contributed by atoms with Gasteiger partial charge in [0.15, 0.2) is 0 Å². The van der Waals surface area contributed by atoms with Crippen molar-refractivity contribution >= 4 is 5.91 Å². The van der Waals surface area contributed by atoms with Crippen molar-refractivity contribution in [3.8, 4) is 0 Å². The average molecular weight is 247 g/mol. The van der Waals surface area contributed by atoms with Gasteiger partial charge >= 0.3 is 5.69 Å². The second-order valence-electron chi connectivity index (χ2n) is 3.83. The molecule has 0 saturated heterocycles. The Hall–Kier alpha value is -2.41. The van der Waals surface area contributed by atoms with E-state index in [9.17, 15) is 9.59 Å². The highest BCUT2D eigenvalue weighted by Crippen LogP contribution is 2.01. The van der Waals surface area contributed by atoms with Crippen LogP contribution in [0.4, 0.5) is 0 Å². The van der Waals surface area contributed by atoms with Crippen LogP contribution in [0.5, 0.6) is 0 Å². The van der Waals surface area contributed by atoms with Crippen LogP contribution in [0.3, 0.4) is 0 Å². The lowest BCUT2D eigenvalue weighted by molar-refractivity contribution is 0.0953. The SMILES string of the molecule is Cn1ccn(Cc2ccc(C(=O)NN)cn2)c1=O. The summed E-state index contributed by atoms with van der Waals surface area (Å²) in [4.78, 5) is 26.9. The number of nitrogen functional groups attached to an aromatic ring is 1. The standard InChI is InChI=1S/C11H13N5O2/c1-15-4-5-16(11(15)18)7-9-3-2-8(6-13-9)10(17)14-12/h2-6H,7,12H2,1H3,(H,14,17). The van der Waals surface area contributed by atoms with E-state index in [4.69, 9.17) is 5.84 Å². The molecule has 3 N–H and O–H groups in total. The van der Waals surface area contributed by atoms with Crippen LogP contribution in [-0.4, -0.2) is 20.0 Å². The molecule has 7 heteroatoms. The van der Waals surface area contributed by atoms with Crippen molar-refractivity contribution in [2.75, 3.05) is 0 Å². The number of nitrogens with two attached hydrogens (primary N) is 1. The topological polar surface area (TPSA) is 94.9 Å². The third-order valence-corrected chi connectivity index (χ3v) is 2.57. The molecule has 18 heavy (non-hydrogen) atoms. The highest BCUT2D eigenvalue weighted by molar-refractivity contribution is 5.93. The smallest absolute Gasteiger partial charge is 0.302 e. The molecular weight excluding hydrogens is 234 g/mol. The number of nitrogens with one attached hydrogen (secondary N) is 1. The molecule has 0 atom stereocenters. The molecule has 0 spiro atoms. The number of aryl methyl sites for hydroxylation is 1. The number of imidazole rings is 1. The van der Waals surface area contributed by atoms with Gasteiger partial charge in [-0.2, -0.15) is 0 Å². The molecule has 0 aliphatic carbocycles. The summed E-state index contributed by atoms with van der Waals surface area (Å²) in [5, 5.41) is 0. The lowest BCUT2D eigenvalue weighted by Gasteiger charge is -2.03. The van der Waals surface area contributed by atoms with Crippen LogP contribution in [0.1, 0.15) is 16.1 Å². The van der Waals surface area contributed by atoms with E-state index < -0.39 is 5.91 Å². The first-order valence-corrected chi connectivity index (χ1v) is 5.29. The Kier molecular flexibility index (Phi) is 3.24. The van der Waals surface area contributed by atoms with Crippen LogP contribution in [0.25, 0.3) is 0 Å². The normalized spacial score (nSPS) is 10.3. The molecule has 1 amide bonds. The van der Waals surface area contributed by atoms with E-state index in [1.807, 2.05) is 5.43 Å². The fourth-order valence-electron chi connectivity index (χ4n) is 1.54. The maximum absolute atomic E-state index is 11.6. The first kappa shape index (κ1) is 12.1. The Balaban J connectivity index is 2.18. The Labute approximate surface area is 103 Å². The number of hydrazine groups is 1. The molecule has 2 aromatic heterocycles. The van der Waals surface area contributed by atoms with Crippen molar-refractivity contribution in [3.05, 3.63) is 52.5 Å². The highest BCUT2D eigenvalue weighted by atomic mass is 16.2. The van der Waals surface area contributed by atoms with Gasteiger partial charge in [0.05, 0.1) is 17.8 Å². The van der Waals surface area contributed by atoms with Crippen LogP contribution in [-0.2, 0) is 13.6 Å². The van der Waals surface area contributed by atoms with Gasteiger partial charge in [0.1, 0.15) is 0 Å². The largest absolute Gasteiger partial charge is 0.328 e. The minimum atomic E-state index is -0.397. The summed E-state index contributed by atoms with van der Waals surface area (Å²) < 4.78 is 3.02. The number of aromatic nitrogens is 3. The predicted octanol–water partition coefficient (Wildman–Crippen LogP) is -0.766. The fraction of sp³-hybridized carbons (Fsp3) is 0.182. The summed E-state index contributed by atoms with van der Waals surface area (Å²) in [6.45, 7) is 0.365. The Morgan fingerprint density at radius 2 is 2.22 bits per heavy atom. The van der Waals surface area contributed by atoms with E-state index in [0.717, 1.165) is 0 Å². The van der Waals surface area contributed by atoms with E-state index in [1.165, 1.54) is 15.3 Å². The van der Waals surface area contributed by atoms with Crippen LogP contribution < -0.4 is 17.0 Å². The molecule has 0 aliphatic rings. The molecule has 0 bridgehead atoms. The number of nitrogens with zero attached hydrogens (tertiary/aromatic N) is 3. The molecule has 0 radical (unpaired) electrons. The highest BCUT2D eigenvalue weighted by Gasteiger charge is 2.05. The van der Waals surface area contributed by atoms with E-state index in [1.54, 1.807) is 31.6 Å². The first-order chi connectivity index (χ1) is 8.61. The van der Waals surface area contributed by atoms with Gasteiger partial charge in [0.25, 0.3) is 5.91 Å². The number of pyridine rings is 1. The quantitative estimate of drug-likeness (QED) is 0.423. The van der Waals surface area contributed by atoms with Gasteiger partial charge in [-0.25, -0.2) is 10.6 Å². The molecule has 2 aromatic rings. The Bertz CT molecular complexity index is 611. The van der Waals surface area contributed by atoms with Gasteiger partial charge in [-0.05, 0) is 12.1 Å². The summed E-state index contributed by atoms with van der Waals surface area (Å²) in [5.41, 5.74) is 2.98. The molecule has 0 aromatic carbocycles. The van der Waals surface area contributed by atoms with Crippen molar-refractivity contribution < 1.29 is 4.79 Å². The summed E-state index contributed by atoms with van der Waals surface area (Å²) in [6.07, 6.45) is 4.79. The van der Waals surface area contributed by atoms with Gasteiger partial charge < -0.3 is 4.57 Å². The molecule has 0 fully saturated rings. The number of hydrogen-bond donors (Lipinski definition) is 2. The summed E-state index contributed by atoms with van der Waals surface area (Å²) in [7, 11) is 1.68. The monoisotopic (exact) mass is 247 g/mol. The molecule has 0 saturated carbocycles. The number of rotatable bonds is 3.